The Bertz CT molecular complexity index is 1210. The summed E-state index contributed by atoms with van der Waals surface area (Å²) in [5.74, 6) is 0.116. The summed E-state index contributed by atoms with van der Waals surface area (Å²) in [6.45, 7) is 3.56. The number of amides is 1. The molecule has 0 saturated carbocycles. The number of aryl methyl sites for hydroxylation is 1. The van der Waals surface area contributed by atoms with Gasteiger partial charge >= 0.3 is 0 Å². The first kappa shape index (κ1) is 25.0. The number of carbonyl (C=O) groups excluding carboxylic acids is 1. The topological polar surface area (TPSA) is 84.5 Å². The van der Waals surface area contributed by atoms with Crippen LogP contribution in [0, 0.1) is 6.92 Å². The number of thioether (sulfide) groups is 1. The summed E-state index contributed by atoms with van der Waals surface area (Å²) in [5, 5.41) is 3.36. The van der Waals surface area contributed by atoms with Crippen molar-refractivity contribution in [3.05, 3.63) is 82.9 Å². The number of rotatable bonds is 9. The van der Waals surface area contributed by atoms with Crippen LogP contribution in [0.1, 0.15) is 24.1 Å². The minimum absolute atomic E-state index is 0.0679. The van der Waals surface area contributed by atoms with Crippen LogP contribution in [-0.4, -0.2) is 27.2 Å². The zero-order chi connectivity index (χ0) is 24.0. The number of nitrogens with one attached hydrogen (secondary N) is 2. The van der Waals surface area contributed by atoms with E-state index in [-0.39, 0.29) is 23.5 Å². The number of halogens is 1. The fourth-order valence-corrected chi connectivity index (χ4v) is 4.63. The molecule has 0 aliphatic rings. The number of hydrogen-bond acceptors (Lipinski definition) is 5. The average Bonchev–Trinajstić information content (AvgIpc) is 2.80. The van der Waals surface area contributed by atoms with E-state index in [9.17, 15) is 13.2 Å². The van der Waals surface area contributed by atoms with Gasteiger partial charge in [0.15, 0.2) is 6.61 Å². The SMILES string of the molecule is CSc1ccc([C@H](C)NC(=O)COc2ccc(S(=O)(=O)Nc3ccc(C)c(Cl)c3)cc2)cc1. The largest absolute Gasteiger partial charge is 0.484 e. The van der Waals surface area contributed by atoms with Crippen molar-refractivity contribution >= 4 is 45.0 Å². The fourth-order valence-electron chi connectivity index (χ4n) is 2.99. The van der Waals surface area contributed by atoms with E-state index in [1.165, 1.54) is 24.3 Å². The maximum absolute atomic E-state index is 12.6. The zero-order valence-electron chi connectivity index (χ0n) is 18.5. The van der Waals surface area contributed by atoms with Gasteiger partial charge in [-0.15, -0.1) is 11.8 Å². The van der Waals surface area contributed by atoms with Gasteiger partial charge in [0.05, 0.1) is 16.6 Å². The van der Waals surface area contributed by atoms with Crippen molar-refractivity contribution in [1.29, 1.82) is 0 Å². The van der Waals surface area contributed by atoms with Gasteiger partial charge in [-0.3, -0.25) is 9.52 Å². The molecule has 33 heavy (non-hydrogen) atoms. The molecular formula is C24H25ClN2O4S2. The normalized spacial score (nSPS) is 12.1. The second-order valence-electron chi connectivity index (χ2n) is 7.39. The van der Waals surface area contributed by atoms with Gasteiger partial charge in [-0.25, -0.2) is 8.42 Å². The number of benzene rings is 3. The third kappa shape index (κ3) is 6.90. The predicted molar refractivity (Wildman–Crippen MR) is 134 cm³/mol. The minimum atomic E-state index is -3.79. The molecule has 0 radical (unpaired) electrons. The molecule has 0 saturated heterocycles. The van der Waals surface area contributed by atoms with E-state index in [1.54, 1.807) is 30.0 Å². The lowest BCUT2D eigenvalue weighted by molar-refractivity contribution is -0.123. The Labute approximate surface area is 203 Å². The first-order valence-electron chi connectivity index (χ1n) is 10.1. The molecule has 0 bridgehead atoms. The second-order valence-corrected chi connectivity index (χ2v) is 10.4. The molecule has 3 aromatic rings. The van der Waals surface area contributed by atoms with Gasteiger partial charge < -0.3 is 10.1 Å². The minimum Gasteiger partial charge on any atom is -0.484 e. The maximum Gasteiger partial charge on any atom is 0.261 e. The highest BCUT2D eigenvalue weighted by molar-refractivity contribution is 7.98. The summed E-state index contributed by atoms with van der Waals surface area (Å²) in [4.78, 5) is 13.5. The lowest BCUT2D eigenvalue weighted by Gasteiger charge is -2.15. The van der Waals surface area contributed by atoms with Crippen LogP contribution in [0.5, 0.6) is 5.75 Å². The highest BCUT2D eigenvalue weighted by atomic mass is 35.5. The molecule has 6 nitrogen and oxygen atoms in total. The monoisotopic (exact) mass is 504 g/mol. The Morgan fingerprint density at radius 1 is 1.06 bits per heavy atom. The summed E-state index contributed by atoms with van der Waals surface area (Å²) in [6.07, 6.45) is 2.01. The zero-order valence-corrected chi connectivity index (χ0v) is 20.9. The first-order valence-corrected chi connectivity index (χ1v) is 13.2. The van der Waals surface area contributed by atoms with Gasteiger partial charge in [-0.2, -0.15) is 0 Å². The third-order valence-corrected chi connectivity index (χ3v) is 7.47. The van der Waals surface area contributed by atoms with Crippen molar-refractivity contribution in [1.82, 2.24) is 5.32 Å². The summed E-state index contributed by atoms with van der Waals surface area (Å²) in [5.41, 5.74) is 2.23. The highest BCUT2D eigenvalue weighted by Crippen LogP contribution is 2.24. The van der Waals surface area contributed by atoms with Gasteiger partial charge in [0.25, 0.3) is 15.9 Å². The van der Waals surface area contributed by atoms with E-state index >= 15 is 0 Å². The van der Waals surface area contributed by atoms with Crippen LogP contribution in [0.3, 0.4) is 0 Å². The Kier molecular flexibility index (Phi) is 8.29. The van der Waals surface area contributed by atoms with Crippen molar-refractivity contribution < 1.29 is 17.9 Å². The molecule has 3 rings (SSSR count). The van der Waals surface area contributed by atoms with E-state index in [0.29, 0.717) is 16.5 Å². The number of hydrogen-bond donors (Lipinski definition) is 2. The van der Waals surface area contributed by atoms with Crippen molar-refractivity contribution in [3.8, 4) is 5.75 Å². The molecule has 3 aromatic carbocycles. The van der Waals surface area contributed by atoms with Crippen LogP contribution in [0.2, 0.25) is 5.02 Å². The van der Waals surface area contributed by atoms with Gasteiger partial charge in [0, 0.05) is 9.92 Å². The number of sulfonamides is 1. The molecule has 0 spiro atoms. The van der Waals surface area contributed by atoms with E-state index in [1.807, 2.05) is 44.4 Å². The number of carbonyl (C=O) groups is 1. The lowest BCUT2D eigenvalue weighted by Crippen LogP contribution is -2.31. The molecule has 9 heteroatoms. The molecule has 0 aromatic heterocycles. The fraction of sp³-hybridized carbons (Fsp3) is 0.208. The molecular weight excluding hydrogens is 480 g/mol. The van der Waals surface area contributed by atoms with Crippen molar-refractivity contribution in [3.63, 3.8) is 0 Å². The quantitative estimate of drug-likeness (QED) is 0.380. The van der Waals surface area contributed by atoms with Crippen LogP contribution in [0.4, 0.5) is 5.69 Å². The Morgan fingerprint density at radius 3 is 2.33 bits per heavy atom. The van der Waals surface area contributed by atoms with Crippen molar-refractivity contribution in [2.24, 2.45) is 0 Å². The number of ether oxygens (including phenoxy) is 1. The van der Waals surface area contributed by atoms with Gasteiger partial charge in [0.2, 0.25) is 0 Å². The maximum atomic E-state index is 12.6. The first-order chi connectivity index (χ1) is 15.7. The summed E-state index contributed by atoms with van der Waals surface area (Å²) in [7, 11) is -3.79. The molecule has 174 valence electrons. The third-order valence-electron chi connectivity index (χ3n) is 4.92. The van der Waals surface area contributed by atoms with E-state index in [4.69, 9.17) is 16.3 Å². The Hall–Kier alpha value is -2.68. The molecule has 0 aliphatic heterocycles. The van der Waals surface area contributed by atoms with Crippen molar-refractivity contribution in [2.45, 2.75) is 29.7 Å². The summed E-state index contributed by atoms with van der Waals surface area (Å²) in [6, 6.07) is 18.6. The Balaban J connectivity index is 1.55. The van der Waals surface area contributed by atoms with Crippen LogP contribution in [0.25, 0.3) is 0 Å². The smallest absolute Gasteiger partial charge is 0.261 e. The molecule has 0 unspecified atom stereocenters. The predicted octanol–water partition coefficient (Wildman–Crippen LogP) is 5.43. The van der Waals surface area contributed by atoms with E-state index in [2.05, 4.69) is 10.0 Å². The molecule has 1 amide bonds. The van der Waals surface area contributed by atoms with Crippen molar-refractivity contribution in [2.75, 3.05) is 17.6 Å². The van der Waals surface area contributed by atoms with E-state index in [0.717, 1.165) is 16.0 Å². The molecule has 0 aliphatic carbocycles. The highest BCUT2D eigenvalue weighted by Gasteiger charge is 2.15. The van der Waals surface area contributed by atoms with Crippen LogP contribution >= 0.6 is 23.4 Å². The van der Waals surface area contributed by atoms with Gasteiger partial charge in [-0.1, -0.05) is 29.8 Å². The van der Waals surface area contributed by atoms with Crippen LogP contribution in [-0.2, 0) is 14.8 Å². The van der Waals surface area contributed by atoms with Crippen LogP contribution < -0.4 is 14.8 Å². The molecule has 1 atom stereocenters. The number of anilines is 1. The standard InChI is InChI=1S/C24H25ClN2O4S2/c1-16-4-7-19(14-23(16)25)27-33(29,30)22-12-8-20(9-13-22)31-15-24(28)26-17(2)18-5-10-21(32-3)11-6-18/h4-14,17,27H,15H2,1-3H3,(H,26,28)/t17-/m0/s1. The Morgan fingerprint density at radius 2 is 1.73 bits per heavy atom. The summed E-state index contributed by atoms with van der Waals surface area (Å²) < 4.78 is 33.2. The second kappa shape index (κ2) is 11.0. The summed E-state index contributed by atoms with van der Waals surface area (Å²) >= 11 is 7.72. The van der Waals surface area contributed by atoms with Gasteiger partial charge in [-0.05, 0) is 79.8 Å². The van der Waals surface area contributed by atoms with E-state index < -0.39 is 10.0 Å². The average molecular weight is 505 g/mol. The molecule has 2 N–H and O–H groups in total. The van der Waals surface area contributed by atoms with Crippen LogP contribution in [0.15, 0.2) is 76.5 Å². The van der Waals surface area contributed by atoms with Gasteiger partial charge in [0.1, 0.15) is 5.75 Å². The molecule has 0 heterocycles. The molecule has 0 fully saturated rings. The lowest BCUT2D eigenvalue weighted by atomic mass is 10.1.